The third kappa shape index (κ3) is 4.07. The van der Waals surface area contributed by atoms with Crippen LogP contribution in [0.3, 0.4) is 0 Å². The van der Waals surface area contributed by atoms with Crippen molar-refractivity contribution in [1.82, 2.24) is 4.98 Å². The van der Waals surface area contributed by atoms with Crippen molar-refractivity contribution < 1.29 is 32.1 Å². The molecule has 2 saturated heterocycles. The molecule has 1 aromatic heterocycles. The zero-order valence-electron chi connectivity index (χ0n) is 20.1. The van der Waals surface area contributed by atoms with Gasteiger partial charge in [0, 0.05) is 6.07 Å². The van der Waals surface area contributed by atoms with Gasteiger partial charge < -0.3 is 18.9 Å². The highest BCUT2D eigenvalue weighted by molar-refractivity contribution is 5.77. The van der Waals surface area contributed by atoms with Crippen LogP contribution in [-0.2, 0) is 26.8 Å². The lowest BCUT2D eigenvalue weighted by Crippen LogP contribution is -2.54. The van der Waals surface area contributed by atoms with Gasteiger partial charge in [-0.05, 0) is 67.1 Å². The fraction of sp³-hybridized carbons (Fsp3) is 0.393. The highest BCUT2D eigenvalue weighted by atomic mass is 19.4. The zero-order valence-corrected chi connectivity index (χ0v) is 20.1. The molecule has 6 rings (SSSR count). The van der Waals surface area contributed by atoms with Crippen LogP contribution in [0.2, 0.25) is 0 Å². The van der Waals surface area contributed by atoms with Crippen LogP contribution >= 0.6 is 0 Å². The number of ether oxygens (including phenoxy) is 4. The minimum absolute atomic E-state index is 0.142. The Bertz CT molecular complexity index is 1310. The molecule has 3 aliphatic rings. The largest absolute Gasteiger partial charge is 0.468 e. The van der Waals surface area contributed by atoms with Crippen molar-refractivity contribution in [2.75, 3.05) is 0 Å². The summed E-state index contributed by atoms with van der Waals surface area (Å²) in [5, 5.41) is 0. The maximum atomic E-state index is 13.3. The Morgan fingerprint density at radius 3 is 2.47 bits per heavy atom. The minimum atomic E-state index is -4.58. The van der Waals surface area contributed by atoms with Crippen LogP contribution < -0.4 is 4.74 Å². The fourth-order valence-corrected chi connectivity index (χ4v) is 5.49. The average molecular weight is 498 g/mol. The highest BCUT2D eigenvalue weighted by Crippen LogP contribution is 2.45. The van der Waals surface area contributed by atoms with Crippen LogP contribution in [0.15, 0.2) is 60.7 Å². The Morgan fingerprint density at radius 2 is 1.67 bits per heavy atom. The van der Waals surface area contributed by atoms with E-state index in [1.807, 2.05) is 25.1 Å². The number of alkyl halides is 3. The molecule has 5 nitrogen and oxygen atoms in total. The van der Waals surface area contributed by atoms with Crippen molar-refractivity contribution in [3.05, 3.63) is 83.0 Å². The molecule has 2 aliphatic heterocycles. The molecule has 0 N–H and O–H groups in total. The molecule has 0 amide bonds. The number of hydrogen-bond acceptors (Lipinski definition) is 5. The number of nitrogens with zero attached hydrogens (tertiary/aromatic N) is 1. The van der Waals surface area contributed by atoms with Crippen LogP contribution in [0.5, 0.6) is 5.88 Å². The van der Waals surface area contributed by atoms with Crippen molar-refractivity contribution in [1.29, 1.82) is 0 Å². The van der Waals surface area contributed by atoms with E-state index in [9.17, 15) is 13.2 Å². The van der Waals surface area contributed by atoms with Crippen LogP contribution in [0.25, 0.3) is 11.1 Å². The molecule has 1 aliphatic carbocycles. The first kappa shape index (κ1) is 23.5. The number of benzene rings is 2. The molecule has 8 heteroatoms. The molecule has 2 aromatic carbocycles. The lowest BCUT2D eigenvalue weighted by atomic mass is 9.90. The molecule has 0 bridgehead atoms. The highest BCUT2D eigenvalue weighted by Gasteiger charge is 2.55. The SMILES string of the molecule is C[C@H]1O[C@H](c2ccc3c(c2)-c2ccccc2C3)[C@H](Oc2cccc(C(F)(F)F)n2)[C@H]2OC(C)(C)O[C@H]21. The number of fused-ring (bicyclic) bond motifs is 4. The summed E-state index contributed by atoms with van der Waals surface area (Å²) in [6.45, 7) is 5.52. The molecule has 5 atom stereocenters. The molecule has 0 unspecified atom stereocenters. The molecule has 2 fully saturated rings. The summed E-state index contributed by atoms with van der Waals surface area (Å²) in [6, 6.07) is 18.1. The predicted molar refractivity (Wildman–Crippen MR) is 125 cm³/mol. The van der Waals surface area contributed by atoms with Gasteiger partial charge in [0.15, 0.2) is 11.9 Å². The van der Waals surface area contributed by atoms with Crippen LogP contribution in [0.4, 0.5) is 13.2 Å². The molecule has 3 heterocycles. The van der Waals surface area contributed by atoms with Crippen molar-refractivity contribution in [2.24, 2.45) is 0 Å². The summed E-state index contributed by atoms with van der Waals surface area (Å²) in [7, 11) is 0. The summed E-state index contributed by atoms with van der Waals surface area (Å²) < 4.78 is 64.9. The number of pyridine rings is 1. The summed E-state index contributed by atoms with van der Waals surface area (Å²) in [5.41, 5.74) is 4.63. The predicted octanol–water partition coefficient (Wildman–Crippen LogP) is 6.10. The van der Waals surface area contributed by atoms with E-state index >= 15 is 0 Å². The summed E-state index contributed by atoms with van der Waals surface area (Å²) >= 11 is 0. The normalized spacial score (nSPS) is 28.3. The first-order valence-electron chi connectivity index (χ1n) is 12.0. The number of aromatic nitrogens is 1. The van der Waals surface area contributed by atoms with Crippen LogP contribution in [0.1, 0.15) is 49.3 Å². The van der Waals surface area contributed by atoms with E-state index in [0.29, 0.717) is 0 Å². The van der Waals surface area contributed by atoms with Gasteiger partial charge in [-0.1, -0.05) is 42.5 Å². The lowest BCUT2D eigenvalue weighted by molar-refractivity contribution is -0.177. The lowest BCUT2D eigenvalue weighted by Gasteiger charge is -2.41. The first-order chi connectivity index (χ1) is 17.1. The zero-order chi connectivity index (χ0) is 25.2. The number of rotatable bonds is 3. The van der Waals surface area contributed by atoms with Gasteiger partial charge in [0.1, 0.15) is 24.0 Å². The van der Waals surface area contributed by atoms with E-state index in [2.05, 4.69) is 29.2 Å². The van der Waals surface area contributed by atoms with E-state index in [0.717, 1.165) is 23.6 Å². The Hall–Kier alpha value is -2.94. The minimum Gasteiger partial charge on any atom is -0.468 e. The Kier molecular flexibility index (Phi) is 5.41. The van der Waals surface area contributed by atoms with Gasteiger partial charge in [0.2, 0.25) is 5.88 Å². The molecular weight excluding hydrogens is 471 g/mol. The summed E-state index contributed by atoms with van der Waals surface area (Å²) in [5.74, 6) is -1.03. The van der Waals surface area contributed by atoms with E-state index in [-0.39, 0.29) is 12.0 Å². The van der Waals surface area contributed by atoms with Gasteiger partial charge >= 0.3 is 6.18 Å². The Balaban J connectivity index is 1.40. The maximum absolute atomic E-state index is 13.3. The molecule has 188 valence electrons. The second-order valence-electron chi connectivity index (χ2n) is 10.0. The second-order valence-corrected chi connectivity index (χ2v) is 10.0. The third-order valence-electron chi connectivity index (χ3n) is 7.03. The molecule has 36 heavy (non-hydrogen) atoms. The molecular formula is C28H26F3NO4. The summed E-state index contributed by atoms with van der Waals surface area (Å²) in [4.78, 5) is 3.72. The van der Waals surface area contributed by atoms with E-state index in [1.165, 1.54) is 28.8 Å². The maximum Gasteiger partial charge on any atom is 0.433 e. The summed E-state index contributed by atoms with van der Waals surface area (Å²) in [6.07, 6.45) is -6.44. The monoisotopic (exact) mass is 497 g/mol. The van der Waals surface area contributed by atoms with E-state index in [1.54, 1.807) is 13.8 Å². The van der Waals surface area contributed by atoms with Crippen molar-refractivity contribution in [3.8, 4) is 17.0 Å². The van der Waals surface area contributed by atoms with Gasteiger partial charge in [0.05, 0.1) is 6.10 Å². The van der Waals surface area contributed by atoms with E-state index < -0.39 is 42.1 Å². The van der Waals surface area contributed by atoms with Crippen molar-refractivity contribution >= 4 is 0 Å². The molecule has 3 aromatic rings. The Morgan fingerprint density at radius 1 is 0.917 bits per heavy atom. The van der Waals surface area contributed by atoms with Crippen molar-refractivity contribution in [3.63, 3.8) is 0 Å². The first-order valence-corrected chi connectivity index (χ1v) is 12.0. The number of halogens is 3. The van der Waals surface area contributed by atoms with Gasteiger partial charge in [-0.25, -0.2) is 4.98 Å². The fourth-order valence-electron chi connectivity index (χ4n) is 5.49. The van der Waals surface area contributed by atoms with Crippen LogP contribution in [-0.4, -0.2) is 35.2 Å². The van der Waals surface area contributed by atoms with Gasteiger partial charge in [0.25, 0.3) is 0 Å². The standard InChI is InChI=1S/C28H26F3NO4/c1-15-23-26(36-27(2,3)35-23)25(34-22-10-6-9-21(32-22)28(29,30)31)24(33-15)18-12-11-17-13-16-7-4-5-8-19(16)20(17)14-18/h4-12,14-15,23-26H,13H2,1-3H3/t15-,23+,24-,25+,26+/m1/s1. The smallest absolute Gasteiger partial charge is 0.433 e. The van der Waals surface area contributed by atoms with Crippen molar-refractivity contribution in [2.45, 2.75) is 69.7 Å². The Labute approximate surface area is 207 Å². The molecule has 0 spiro atoms. The quantitative estimate of drug-likeness (QED) is 0.342. The number of hydrogen-bond donors (Lipinski definition) is 0. The van der Waals surface area contributed by atoms with Crippen LogP contribution in [0, 0.1) is 0 Å². The van der Waals surface area contributed by atoms with Gasteiger partial charge in [-0.2, -0.15) is 13.2 Å². The van der Waals surface area contributed by atoms with Gasteiger partial charge in [-0.3, -0.25) is 0 Å². The topological polar surface area (TPSA) is 49.8 Å². The molecule has 0 saturated carbocycles. The third-order valence-corrected chi connectivity index (χ3v) is 7.03. The average Bonchev–Trinajstić information content (AvgIpc) is 3.37. The second kappa shape index (κ2) is 8.30. The van der Waals surface area contributed by atoms with Gasteiger partial charge in [-0.15, -0.1) is 0 Å². The van der Waals surface area contributed by atoms with E-state index in [4.69, 9.17) is 18.9 Å². The molecule has 0 radical (unpaired) electrons.